The number of hydrogen-bond acceptors (Lipinski definition) is 4. The van der Waals surface area contributed by atoms with Gasteiger partial charge in [-0.25, -0.2) is 4.79 Å². The van der Waals surface area contributed by atoms with Crippen molar-refractivity contribution in [1.29, 1.82) is 0 Å². The second-order valence-electron chi connectivity index (χ2n) is 4.61. The highest BCUT2D eigenvalue weighted by molar-refractivity contribution is 5.31. The molecule has 2 rings (SSSR count). The van der Waals surface area contributed by atoms with Crippen molar-refractivity contribution < 1.29 is 5.11 Å². The number of hydrogen-bond donors (Lipinski definition) is 2. The molecule has 0 unspecified atom stereocenters. The summed E-state index contributed by atoms with van der Waals surface area (Å²) in [6.07, 6.45) is 0. The molecule has 6 nitrogen and oxygen atoms in total. The SMILES string of the molecule is Cn1c(CNCc2ccccc2O)cc(=O)n(C)c1=O. The van der Waals surface area contributed by atoms with Gasteiger partial charge in [0.2, 0.25) is 0 Å². The molecule has 0 fully saturated rings. The van der Waals surface area contributed by atoms with E-state index < -0.39 is 0 Å². The third-order valence-corrected chi connectivity index (χ3v) is 3.24. The molecule has 0 aliphatic heterocycles. The molecule has 106 valence electrons. The Morgan fingerprint density at radius 2 is 1.80 bits per heavy atom. The van der Waals surface area contributed by atoms with Gasteiger partial charge in [-0.15, -0.1) is 0 Å². The summed E-state index contributed by atoms with van der Waals surface area (Å²) in [5, 5.41) is 12.7. The van der Waals surface area contributed by atoms with Crippen LogP contribution in [0.25, 0.3) is 0 Å². The maximum absolute atomic E-state index is 11.8. The summed E-state index contributed by atoms with van der Waals surface area (Å²) in [5.74, 6) is 0.220. The van der Waals surface area contributed by atoms with Gasteiger partial charge in [-0.3, -0.25) is 13.9 Å². The summed E-state index contributed by atoms with van der Waals surface area (Å²) < 4.78 is 2.49. The van der Waals surface area contributed by atoms with Gasteiger partial charge in [-0.05, 0) is 6.07 Å². The lowest BCUT2D eigenvalue weighted by atomic mass is 10.2. The molecule has 0 spiro atoms. The van der Waals surface area contributed by atoms with Crippen molar-refractivity contribution in [3.05, 3.63) is 62.4 Å². The fourth-order valence-electron chi connectivity index (χ4n) is 1.93. The van der Waals surface area contributed by atoms with Gasteiger partial charge in [0.15, 0.2) is 0 Å². The summed E-state index contributed by atoms with van der Waals surface area (Å²) in [5.41, 5.74) is 0.694. The van der Waals surface area contributed by atoms with Crippen LogP contribution >= 0.6 is 0 Å². The molecule has 0 atom stereocenters. The van der Waals surface area contributed by atoms with Crippen LogP contribution in [-0.2, 0) is 27.2 Å². The molecule has 1 heterocycles. The van der Waals surface area contributed by atoms with Crippen LogP contribution in [-0.4, -0.2) is 14.2 Å². The summed E-state index contributed by atoms with van der Waals surface area (Å²) >= 11 is 0. The zero-order chi connectivity index (χ0) is 14.7. The first-order valence-corrected chi connectivity index (χ1v) is 6.24. The van der Waals surface area contributed by atoms with Crippen LogP contribution in [0.5, 0.6) is 5.75 Å². The van der Waals surface area contributed by atoms with Crippen LogP contribution in [0.3, 0.4) is 0 Å². The summed E-state index contributed by atoms with van der Waals surface area (Å²) in [4.78, 5) is 23.3. The lowest BCUT2D eigenvalue weighted by molar-refractivity contribution is 0.463. The second-order valence-corrected chi connectivity index (χ2v) is 4.61. The van der Waals surface area contributed by atoms with E-state index in [2.05, 4.69) is 5.32 Å². The Morgan fingerprint density at radius 3 is 2.50 bits per heavy atom. The number of benzene rings is 1. The number of rotatable bonds is 4. The molecule has 2 aromatic rings. The third-order valence-electron chi connectivity index (χ3n) is 3.24. The standard InChI is InChI=1S/C14H17N3O3/c1-16-11(7-13(19)17(2)14(16)20)9-15-8-10-5-3-4-6-12(10)18/h3-7,15,18H,8-9H2,1-2H3. The maximum Gasteiger partial charge on any atom is 0.330 e. The van der Waals surface area contributed by atoms with Crippen LogP contribution in [0.15, 0.2) is 39.9 Å². The monoisotopic (exact) mass is 275 g/mol. The average Bonchev–Trinajstić information content (AvgIpc) is 2.44. The Balaban J connectivity index is 2.11. The molecule has 0 saturated heterocycles. The van der Waals surface area contributed by atoms with Crippen LogP contribution < -0.4 is 16.6 Å². The Labute approximate surface area is 115 Å². The molecule has 20 heavy (non-hydrogen) atoms. The molecule has 0 aliphatic rings. The molecule has 2 N–H and O–H groups in total. The fourth-order valence-corrected chi connectivity index (χ4v) is 1.93. The van der Waals surface area contributed by atoms with Gasteiger partial charge in [0.25, 0.3) is 5.56 Å². The van der Waals surface area contributed by atoms with Crippen molar-refractivity contribution >= 4 is 0 Å². The molecule has 0 bridgehead atoms. The molecule has 6 heteroatoms. The zero-order valence-electron chi connectivity index (χ0n) is 11.5. The van der Waals surface area contributed by atoms with Crippen molar-refractivity contribution in [2.75, 3.05) is 0 Å². The van der Waals surface area contributed by atoms with Gasteiger partial charge < -0.3 is 10.4 Å². The van der Waals surface area contributed by atoms with Crippen molar-refractivity contribution in [3.8, 4) is 5.75 Å². The molecular formula is C14H17N3O3. The normalized spacial score (nSPS) is 10.7. The average molecular weight is 275 g/mol. The second kappa shape index (κ2) is 5.75. The van der Waals surface area contributed by atoms with Crippen LogP contribution in [0.1, 0.15) is 11.3 Å². The van der Waals surface area contributed by atoms with E-state index in [1.54, 1.807) is 19.2 Å². The van der Waals surface area contributed by atoms with E-state index in [0.717, 1.165) is 10.1 Å². The van der Waals surface area contributed by atoms with Crippen LogP contribution in [0.4, 0.5) is 0 Å². The Hall–Kier alpha value is -2.34. The highest BCUT2D eigenvalue weighted by Crippen LogP contribution is 2.14. The van der Waals surface area contributed by atoms with E-state index in [0.29, 0.717) is 18.8 Å². The van der Waals surface area contributed by atoms with Gasteiger partial charge in [0, 0.05) is 44.5 Å². The highest BCUT2D eigenvalue weighted by atomic mass is 16.3. The number of aromatic hydroxyl groups is 1. The van der Waals surface area contributed by atoms with Crippen molar-refractivity contribution in [2.45, 2.75) is 13.1 Å². The van der Waals surface area contributed by atoms with Crippen molar-refractivity contribution in [1.82, 2.24) is 14.5 Å². The van der Waals surface area contributed by atoms with Gasteiger partial charge >= 0.3 is 5.69 Å². The molecular weight excluding hydrogens is 258 g/mol. The number of para-hydroxylation sites is 1. The smallest absolute Gasteiger partial charge is 0.330 e. The van der Waals surface area contributed by atoms with Crippen molar-refractivity contribution in [2.24, 2.45) is 14.1 Å². The Kier molecular flexibility index (Phi) is 4.05. The molecule has 0 aliphatic carbocycles. The fraction of sp³-hybridized carbons (Fsp3) is 0.286. The van der Waals surface area contributed by atoms with Crippen LogP contribution in [0, 0.1) is 0 Å². The predicted octanol–water partition coefficient (Wildman–Crippen LogP) is 0.0794. The van der Waals surface area contributed by atoms with Crippen molar-refractivity contribution in [3.63, 3.8) is 0 Å². The molecule has 1 aromatic heterocycles. The summed E-state index contributed by atoms with van der Waals surface area (Å²) in [6.45, 7) is 0.826. The Morgan fingerprint density at radius 1 is 1.10 bits per heavy atom. The van der Waals surface area contributed by atoms with Gasteiger partial charge in [-0.2, -0.15) is 0 Å². The van der Waals surface area contributed by atoms with E-state index in [-0.39, 0.29) is 17.0 Å². The predicted molar refractivity (Wildman–Crippen MR) is 75.6 cm³/mol. The first-order chi connectivity index (χ1) is 9.50. The molecule has 0 saturated carbocycles. The topological polar surface area (TPSA) is 76.3 Å². The summed E-state index contributed by atoms with van der Waals surface area (Å²) in [6, 6.07) is 8.45. The number of aromatic nitrogens is 2. The van der Waals surface area contributed by atoms with Gasteiger partial charge in [0.1, 0.15) is 5.75 Å². The lowest BCUT2D eigenvalue weighted by Crippen LogP contribution is -2.38. The molecule has 1 aromatic carbocycles. The minimum absolute atomic E-state index is 0.220. The van der Waals surface area contributed by atoms with Crippen LogP contribution in [0.2, 0.25) is 0 Å². The first-order valence-electron chi connectivity index (χ1n) is 6.24. The van der Waals surface area contributed by atoms with E-state index in [1.807, 2.05) is 12.1 Å². The largest absolute Gasteiger partial charge is 0.508 e. The number of phenolic OH excluding ortho intramolecular Hbond substituents is 1. The van der Waals surface area contributed by atoms with E-state index in [9.17, 15) is 14.7 Å². The quantitative estimate of drug-likeness (QED) is 0.828. The minimum Gasteiger partial charge on any atom is -0.508 e. The molecule has 0 radical (unpaired) electrons. The van der Waals surface area contributed by atoms with Gasteiger partial charge in [-0.1, -0.05) is 18.2 Å². The highest BCUT2D eigenvalue weighted by Gasteiger charge is 2.06. The third kappa shape index (κ3) is 2.80. The number of nitrogens with one attached hydrogen (secondary N) is 1. The summed E-state index contributed by atoms with van der Waals surface area (Å²) in [7, 11) is 3.07. The van der Waals surface area contributed by atoms with E-state index in [4.69, 9.17) is 0 Å². The van der Waals surface area contributed by atoms with E-state index >= 15 is 0 Å². The number of phenols is 1. The minimum atomic E-state index is -0.350. The Bertz CT molecular complexity index is 731. The first kappa shape index (κ1) is 14.1. The van der Waals surface area contributed by atoms with E-state index in [1.165, 1.54) is 17.7 Å². The molecule has 0 amide bonds. The maximum atomic E-state index is 11.8. The number of nitrogens with zero attached hydrogens (tertiary/aromatic N) is 2. The lowest BCUT2D eigenvalue weighted by Gasteiger charge is -2.11. The van der Waals surface area contributed by atoms with Gasteiger partial charge in [0.05, 0.1) is 0 Å². The zero-order valence-corrected chi connectivity index (χ0v) is 11.5.